The Morgan fingerprint density at radius 3 is 2.71 bits per heavy atom. The summed E-state index contributed by atoms with van der Waals surface area (Å²) in [6.45, 7) is 4.02. The van der Waals surface area contributed by atoms with Gasteiger partial charge in [0.2, 0.25) is 0 Å². The first-order chi connectivity index (χ1) is 13.5. The van der Waals surface area contributed by atoms with Gasteiger partial charge in [0.25, 0.3) is 11.6 Å². The zero-order chi connectivity index (χ0) is 19.4. The van der Waals surface area contributed by atoms with Crippen LogP contribution in [0.15, 0.2) is 16.8 Å². The average molecular weight is 379 g/mol. The summed E-state index contributed by atoms with van der Waals surface area (Å²) in [4.78, 5) is 17.9. The number of carbonyl (C=O) groups excluding carboxylic acids is 1. The summed E-state index contributed by atoms with van der Waals surface area (Å²) in [7, 11) is 1.91. The van der Waals surface area contributed by atoms with E-state index in [1.807, 2.05) is 37.8 Å². The molecule has 0 aromatic carbocycles. The number of nitrogens with zero attached hydrogens (tertiary/aromatic N) is 4. The number of hydrogen-bond acceptors (Lipinski definition) is 5. The Kier molecular flexibility index (Phi) is 4.00. The molecule has 0 saturated heterocycles. The zero-order valence-electron chi connectivity index (χ0n) is 16.5. The highest BCUT2D eigenvalue weighted by molar-refractivity contribution is 6.06. The predicted molar refractivity (Wildman–Crippen MR) is 104 cm³/mol. The van der Waals surface area contributed by atoms with Crippen LogP contribution in [0.2, 0.25) is 0 Å². The van der Waals surface area contributed by atoms with Crippen LogP contribution in [0, 0.1) is 6.92 Å². The van der Waals surface area contributed by atoms with Gasteiger partial charge in [-0.05, 0) is 57.6 Å². The molecular formula is C21H25N5O2. The highest BCUT2D eigenvalue weighted by atomic mass is 16.5. The molecule has 2 fully saturated rings. The highest BCUT2D eigenvalue weighted by Crippen LogP contribution is 2.45. The maximum absolute atomic E-state index is 13.2. The van der Waals surface area contributed by atoms with Crippen LogP contribution in [0.25, 0.3) is 11.1 Å². The highest BCUT2D eigenvalue weighted by Gasteiger charge is 2.34. The van der Waals surface area contributed by atoms with Crippen molar-refractivity contribution in [2.45, 2.75) is 63.8 Å². The van der Waals surface area contributed by atoms with Crippen LogP contribution >= 0.6 is 0 Å². The third-order valence-electron chi connectivity index (χ3n) is 5.72. The monoisotopic (exact) mass is 379 g/mol. The van der Waals surface area contributed by atoms with Crippen molar-refractivity contribution in [1.29, 1.82) is 0 Å². The summed E-state index contributed by atoms with van der Waals surface area (Å²) in [6.07, 6.45) is 7.21. The molecule has 0 aliphatic heterocycles. The minimum atomic E-state index is -0.0755. The van der Waals surface area contributed by atoms with E-state index >= 15 is 0 Å². The molecule has 3 heterocycles. The molecule has 5 rings (SSSR count). The topological polar surface area (TPSA) is 85.8 Å². The van der Waals surface area contributed by atoms with Crippen molar-refractivity contribution in [3.05, 3.63) is 40.5 Å². The number of aryl methyl sites for hydroxylation is 2. The quantitative estimate of drug-likeness (QED) is 0.710. The number of fused-ring (bicyclic) bond motifs is 1. The van der Waals surface area contributed by atoms with Crippen LogP contribution < -0.4 is 5.32 Å². The van der Waals surface area contributed by atoms with E-state index in [4.69, 9.17) is 4.52 Å². The Bertz CT molecular complexity index is 1060. The van der Waals surface area contributed by atoms with Crippen LogP contribution in [0.4, 0.5) is 0 Å². The lowest BCUT2D eigenvalue weighted by molar-refractivity contribution is 0.0941. The Labute approximate surface area is 163 Å². The molecule has 1 unspecified atom stereocenters. The van der Waals surface area contributed by atoms with Gasteiger partial charge in [0.05, 0.1) is 22.3 Å². The molecular weight excluding hydrogens is 354 g/mol. The average Bonchev–Trinajstić information content (AvgIpc) is 3.57. The van der Waals surface area contributed by atoms with Gasteiger partial charge in [0.1, 0.15) is 0 Å². The second kappa shape index (κ2) is 6.43. The van der Waals surface area contributed by atoms with E-state index in [9.17, 15) is 4.79 Å². The van der Waals surface area contributed by atoms with Gasteiger partial charge in [-0.25, -0.2) is 4.98 Å². The molecule has 2 aliphatic carbocycles. The van der Waals surface area contributed by atoms with Gasteiger partial charge in [0.15, 0.2) is 0 Å². The fraction of sp³-hybridized carbons (Fsp3) is 0.524. The summed E-state index contributed by atoms with van der Waals surface area (Å²) in [5.74, 6) is 0.770. The summed E-state index contributed by atoms with van der Waals surface area (Å²) in [5, 5.41) is 12.6. The number of hydrogen-bond donors (Lipinski definition) is 1. The van der Waals surface area contributed by atoms with E-state index in [-0.39, 0.29) is 11.9 Å². The number of pyridine rings is 1. The molecule has 2 aliphatic rings. The number of nitrogens with one attached hydrogen (secondary N) is 1. The van der Waals surface area contributed by atoms with Crippen LogP contribution in [-0.4, -0.2) is 31.9 Å². The Morgan fingerprint density at radius 2 is 2.07 bits per heavy atom. The maximum atomic E-state index is 13.2. The van der Waals surface area contributed by atoms with Gasteiger partial charge >= 0.3 is 0 Å². The van der Waals surface area contributed by atoms with Crippen LogP contribution in [0.3, 0.4) is 0 Å². The Balaban J connectivity index is 1.44. The minimum Gasteiger partial charge on any atom is -0.349 e. The molecule has 1 atom stereocenters. The van der Waals surface area contributed by atoms with Crippen molar-refractivity contribution in [3.8, 4) is 0 Å². The third-order valence-corrected chi connectivity index (χ3v) is 5.72. The van der Waals surface area contributed by atoms with Crippen molar-refractivity contribution in [1.82, 2.24) is 25.2 Å². The molecule has 146 valence electrons. The SMILES string of the molecule is Cc1nn(C)cc1CC(C)NC(=O)c1cc(C2CC2)nc2onc(C3CC3)c12. The summed E-state index contributed by atoms with van der Waals surface area (Å²) >= 11 is 0. The summed E-state index contributed by atoms with van der Waals surface area (Å²) in [6, 6.07) is 1.95. The van der Waals surface area contributed by atoms with Crippen LogP contribution in [0.5, 0.6) is 0 Å². The van der Waals surface area contributed by atoms with Gasteiger partial charge < -0.3 is 9.84 Å². The van der Waals surface area contributed by atoms with Crippen molar-refractivity contribution in [2.24, 2.45) is 7.05 Å². The first-order valence-corrected chi connectivity index (χ1v) is 10.1. The predicted octanol–water partition coefficient (Wildman–Crippen LogP) is 3.38. The molecule has 2 saturated carbocycles. The number of amides is 1. The first kappa shape index (κ1) is 17.4. The Morgan fingerprint density at radius 1 is 1.32 bits per heavy atom. The molecule has 0 bridgehead atoms. The van der Waals surface area contributed by atoms with Gasteiger partial charge in [-0.1, -0.05) is 5.16 Å². The van der Waals surface area contributed by atoms with Gasteiger partial charge in [-0.15, -0.1) is 0 Å². The van der Waals surface area contributed by atoms with Crippen LogP contribution in [0.1, 0.15) is 77.4 Å². The molecule has 1 amide bonds. The zero-order valence-corrected chi connectivity index (χ0v) is 16.5. The molecule has 3 aromatic heterocycles. The summed E-state index contributed by atoms with van der Waals surface area (Å²) < 4.78 is 7.34. The fourth-order valence-corrected chi connectivity index (χ4v) is 3.93. The molecule has 1 N–H and O–H groups in total. The number of aromatic nitrogens is 4. The molecule has 28 heavy (non-hydrogen) atoms. The standard InChI is InChI=1S/C21H25N5O2/c1-11(8-15-10-26(3)24-12(15)2)22-20(27)16-9-17(13-4-5-13)23-21-18(16)19(25-28-21)14-6-7-14/h9-11,13-14H,4-8H2,1-3H3,(H,22,27). The minimum absolute atomic E-state index is 0.00720. The fourth-order valence-electron chi connectivity index (χ4n) is 3.93. The lowest BCUT2D eigenvalue weighted by atomic mass is 10.0. The first-order valence-electron chi connectivity index (χ1n) is 10.1. The lowest BCUT2D eigenvalue weighted by Crippen LogP contribution is -2.34. The van der Waals surface area contributed by atoms with E-state index in [0.717, 1.165) is 60.1 Å². The molecule has 3 aromatic rings. The van der Waals surface area contributed by atoms with Crippen molar-refractivity contribution >= 4 is 17.0 Å². The van der Waals surface area contributed by atoms with E-state index in [1.165, 1.54) is 0 Å². The van der Waals surface area contributed by atoms with Crippen molar-refractivity contribution < 1.29 is 9.32 Å². The number of carbonyl (C=O) groups is 1. The van der Waals surface area contributed by atoms with Gasteiger partial charge in [-0.2, -0.15) is 5.10 Å². The molecule has 7 nitrogen and oxygen atoms in total. The molecule has 7 heteroatoms. The molecule has 0 spiro atoms. The molecule has 0 radical (unpaired) electrons. The maximum Gasteiger partial charge on any atom is 0.259 e. The second-order valence-corrected chi connectivity index (χ2v) is 8.38. The van der Waals surface area contributed by atoms with Crippen molar-refractivity contribution in [2.75, 3.05) is 0 Å². The summed E-state index contributed by atoms with van der Waals surface area (Å²) in [5.41, 5.74) is 5.16. The Hall–Kier alpha value is -2.70. The number of rotatable bonds is 6. The third kappa shape index (κ3) is 3.19. The van der Waals surface area contributed by atoms with Crippen LogP contribution in [-0.2, 0) is 13.5 Å². The second-order valence-electron chi connectivity index (χ2n) is 8.38. The van der Waals surface area contributed by atoms with Gasteiger partial charge in [0, 0.05) is 36.8 Å². The normalized spacial score (nSPS) is 17.8. The van der Waals surface area contributed by atoms with Crippen molar-refractivity contribution in [3.63, 3.8) is 0 Å². The van der Waals surface area contributed by atoms with E-state index in [1.54, 1.807) is 0 Å². The van der Waals surface area contributed by atoms with E-state index in [2.05, 4.69) is 20.6 Å². The van der Waals surface area contributed by atoms with Gasteiger partial charge in [-0.3, -0.25) is 9.48 Å². The van der Waals surface area contributed by atoms with E-state index in [0.29, 0.717) is 23.1 Å². The largest absolute Gasteiger partial charge is 0.349 e. The smallest absolute Gasteiger partial charge is 0.259 e. The van der Waals surface area contributed by atoms with E-state index < -0.39 is 0 Å². The lowest BCUT2D eigenvalue weighted by Gasteiger charge is -2.14.